The highest BCUT2D eigenvalue weighted by atomic mass is 16.1. The molecule has 0 heterocycles. The van der Waals surface area contributed by atoms with Gasteiger partial charge in [0.25, 0.3) is 0 Å². The summed E-state index contributed by atoms with van der Waals surface area (Å²) in [6.07, 6.45) is 24.8. The summed E-state index contributed by atoms with van der Waals surface area (Å²) < 4.78 is 0. The van der Waals surface area contributed by atoms with E-state index in [1.54, 1.807) is 6.08 Å². The van der Waals surface area contributed by atoms with Crippen molar-refractivity contribution < 1.29 is 4.79 Å². The number of allylic oxidation sites excluding steroid dienone is 4. The van der Waals surface area contributed by atoms with Crippen LogP contribution in [0.1, 0.15) is 84.0 Å². The number of aldehydes is 1. The molecule has 0 bridgehead atoms. The normalized spacial score (nSPS) is 11.6. The Morgan fingerprint density at radius 2 is 1.11 bits per heavy atom. The lowest BCUT2D eigenvalue weighted by Gasteiger charge is -2.01. The van der Waals surface area contributed by atoms with E-state index in [9.17, 15) is 4.79 Å². The summed E-state index contributed by atoms with van der Waals surface area (Å²) in [6.45, 7) is 2.19. The van der Waals surface area contributed by atoms with Gasteiger partial charge in [-0.2, -0.15) is 0 Å². The lowest BCUT2D eigenvalue weighted by molar-refractivity contribution is -0.104. The summed E-state index contributed by atoms with van der Waals surface area (Å²) in [5, 5.41) is 0. The molecule has 0 spiro atoms. The lowest BCUT2D eigenvalue weighted by atomic mass is 10.1. The maximum absolute atomic E-state index is 10.0. The van der Waals surface area contributed by atoms with Gasteiger partial charge in [-0.25, -0.2) is 0 Å². The van der Waals surface area contributed by atoms with Crippen molar-refractivity contribution in [1.29, 1.82) is 0 Å². The Hall–Kier alpha value is -0.850. The highest BCUT2D eigenvalue weighted by Crippen LogP contribution is 2.11. The Morgan fingerprint density at radius 1 is 0.632 bits per heavy atom. The van der Waals surface area contributed by atoms with Crippen molar-refractivity contribution in [2.24, 2.45) is 0 Å². The highest BCUT2D eigenvalue weighted by Gasteiger charge is 1.92. The van der Waals surface area contributed by atoms with Crippen LogP contribution in [-0.4, -0.2) is 6.29 Å². The maximum Gasteiger partial charge on any atom is 0.142 e. The SMILES string of the molecule is CCC=CCCCCCCCCCCC/C=C\C=O. The van der Waals surface area contributed by atoms with Crippen molar-refractivity contribution in [3.8, 4) is 0 Å². The second-order valence-corrected chi connectivity index (χ2v) is 5.20. The second kappa shape index (κ2) is 17.2. The fourth-order valence-electron chi connectivity index (χ4n) is 2.20. The molecule has 0 rings (SSSR count). The van der Waals surface area contributed by atoms with Gasteiger partial charge in [-0.1, -0.05) is 70.1 Å². The van der Waals surface area contributed by atoms with Gasteiger partial charge in [0.2, 0.25) is 0 Å². The zero-order valence-electron chi connectivity index (χ0n) is 12.8. The molecule has 0 aliphatic heterocycles. The molecule has 0 saturated carbocycles. The summed E-state index contributed by atoms with van der Waals surface area (Å²) in [5.74, 6) is 0. The summed E-state index contributed by atoms with van der Waals surface area (Å²) in [7, 11) is 0. The molecule has 0 aliphatic rings. The molecule has 110 valence electrons. The third-order valence-corrected chi connectivity index (χ3v) is 3.36. The molecule has 0 radical (unpaired) electrons. The van der Waals surface area contributed by atoms with Crippen LogP contribution in [0.2, 0.25) is 0 Å². The lowest BCUT2D eigenvalue weighted by Crippen LogP contribution is -1.81. The highest BCUT2D eigenvalue weighted by molar-refractivity contribution is 5.64. The van der Waals surface area contributed by atoms with Gasteiger partial charge in [-0.15, -0.1) is 0 Å². The minimum absolute atomic E-state index is 0.859. The molecule has 0 N–H and O–H groups in total. The number of carbonyl (C=O) groups is 1. The van der Waals surface area contributed by atoms with Gasteiger partial charge >= 0.3 is 0 Å². The van der Waals surface area contributed by atoms with Crippen LogP contribution < -0.4 is 0 Å². The molecule has 0 aromatic rings. The van der Waals surface area contributed by atoms with Gasteiger partial charge < -0.3 is 0 Å². The smallest absolute Gasteiger partial charge is 0.142 e. The Bertz CT molecular complexity index is 228. The van der Waals surface area contributed by atoms with Gasteiger partial charge in [-0.05, 0) is 38.2 Å². The van der Waals surface area contributed by atoms with E-state index in [0.717, 1.165) is 12.7 Å². The fourth-order valence-corrected chi connectivity index (χ4v) is 2.20. The number of hydrogen-bond acceptors (Lipinski definition) is 1. The third-order valence-electron chi connectivity index (χ3n) is 3.36. The van der Waals surface area contributed by atoms with E-state index >= 15 is 0 Å². The molecule has 0 fully saturated rings. The summed E-state index contributed by atoms with van der Waals surface area (Å²) in [6, 6.07) is 0. The van der Waals surface area contributed by atoms with Gasteiger partial charge in [0, 0.05) is 0 Å². The minimum Gasteiger partial charge on any atom is -0.299 e. The maximum atomic E-state index is 10.0. The molecule has 0 atom stereocenters. The first kappa shape index (κ1) is 18.1. The fraction of sp³-hybridized carbons (Fsp3) is 0.722. The summed E-state index contributed by atoms with van der Waals surface area (Å²) in [4.78, 5) is 10.0. The zero-order chi connectivity index (χ0) is 14.0. The van der Waals surface area contributed by atoms with Crippen molar-refractivity contribution in [2.45, 2.75) is 84.0 Å². The largest absolute Gasteiger partial charge is 0.299 e. The van der Waals surface area contributed by atoms with E-state index in [1.807, 2.05) is 6.08 Å². The average molecular weight is 264 g/mol. The van der Waals surface area contributed by atoms with Gasteiger partial charge in [-0.3, -0.25) is 4.79 Å². The molecular weight excluding hydrogens is 232 g/mol. The number of hydrogen-bond donors (Lipinski definition) is 0. The molecule has 1 nitrogen and oxygen atoms in total. The predicted molar refractivity (Wildman–Crippen MR) is 85.4 cm³/mol. The number of rotatable bonds is 14. The molecule has 0 aromatic heterocycles. The van der Waals surface area contributed by atoms with Crippen LogP contribution in [0.4, 0.5) is 0 Å². The van der Waals surface area contributed by atoms with E-state index in [0.29, 0.717) is 0 Å². The molecular formula is C18H32O. The van der Waals surface area contributed by atoms with Crippen LogP contribution in [0.3, 0.4) is 0 Å². The standard InChI is InChI=1S/C18H32O/c1-2-3-4-5-6-7-8-9-10-11-12-13-14-15-16-17-18-19/h3-4,16-18H,2,5-15H2,1H3/b4-3?,17-16-. The zero-order valence-corrected chi connectivity index (χ0v) is 12.8. The molecule has 0 unspecified atom stereocenters. The first-order chi connectivity index (χ1) is 9.41. The van der Waals surface area contributed by atoms with Crippen molar-refractivity contribution in [1.82, 2.24) is 0 Å². The number of carbonyl (C=O) groups excluding carboxylic acids is 1. The monoisotopic (exact) mass is 264 g/mol. The van der Waals surface area contributed by atoms with Crippen LogP contribution in [0, 0.1) is 0 Å². The predicted octanol–water partition coefficient (Wildman–Crippen LogP) is 6.00. The van der Waals surface area contributed by atoms with Crippen LogP contribution >= 0.6 is 0 Å². The summed E-state index contributed by atoms with van der Waals surface area (Å²) in [5.41, 5.74) is 0. The Kier molecular flexibility index (Phi) is 16.4. The van der Waals surface area contributed by atoms with Crippen LogP contribution in [0.5, 0.6) is 0 Å². The third kappa shape index (κ3) is 17.1. The first-order valence-electron chi connectivity index (χ1n) is 8.17. The van der Waals surface area contributed by atoms with Crippen molar-refractivity contribution in [2.75, 3.05) is 0 Å². The number of unbranched alkanes of at least 4 members (excludes halogenated alkanes) is 10. The van der Waals surface area contributed by atoms with Crippen molar-refractivity contribution >= 4 is 6.29 Å². The average Bonchev–Trinajstić information content (AvgIpc) is 2.43. The van der Waals surface area contributed by atoms with E-state index < -0.39 is 0 Å². The van der Waals surface area contributed by atoms with Gasteiger partial charge in [0.15, 0.2) is 0 Å². The quantitative estimate of drug-likeness (QED) is 0.163. The minimum atomic E-state index is 0.859. The van der Waals surface area contributed by atoms with Crippen LogP contribution in [-0.2, 0) is 4.79 Å². The molecule has 0 aromatic carbocycles. The molecule has 0 saturated heterocycles. The summed E-state index contributed by atoms with van der Waals surface area (Å²) >= 11 is 0. The molecule has 19 heavy (non-hydrogen) atoms. The first-order valence-corrected chi connectivity index (χ1v) is 8.17. The van der Waals surface area contributed by atoms with Crippen LogP contribution in [0.25, 0.3) is 0 Å². The Morgan fingerprint density at radius 3 is 1.58 bits per heavy atom. The Labute approximate surface area is 120 Å². The topological polar surface area (TPSA) is 17.1 Å². The Balaban J connectivity index is 3.00. The molecule has 1 heteroatoms. The van der Waals surface area contributed by atoms with Crippen molar-refractivity contribution in [3.63, 3.8) is 0 Å². The van der Waals surface area contributed by atoms with E-state index in [-0.39, 0.29) is 0 Å². The molecule has 0 aliphatic carbocycles. The van der Waals surface area contributed by atoms with E-state index in [4.69, 9.17) is 0 Å². The second-order valence-electron chi connectivity index (χ2n) is 5.20. The van der Waals surface area contributed by atoms with E-state index in [2.05, 4.69) is 19.1 Å². The van der Waals surface area contributed by atoms with Crippen molar-refractivity contribution in [3.05, 3.63) is 24.3 Å². The molecule has 0 amide bonds. The van der Waals surface area contributed by atoms with E-state index in [1.165, 1.54) is 70.6 Å². The van der Waals surface area contributed by atoms with Gasteiger partial charge in [0.05, 0.1) is 0 Å². The van der Waals surface area contributed by atoms with Gasteiger partial charge in [0.1, 0.15) is 6.29 Å². The van der Waals surface area contributed by atoms with Crippen LogP contribution in [0.15, 0.2) is 24.3 Å².